The first kappa shape index (κ1) is 10.9. The number of piperidine rings is 1. The monoisotopic (exact) mass is 221 g/mol. The SMILES string of the molecule is O=C(O)c1ccc(NC2CCNCC2)cn1. The van der Waals surface area contributed by atoms with E-state index in [0.717, 1.165) is 31.6 Å². The summed E-state index contributed by atoms with van der Waals surface area (Å²) in [5, 5.41) is 15.3. The standard InChI is InChI=1S/C11H15N3O2/c15-11(16)10-2-1-9(7-13-10)14-8-3-5-12-6-4-8/h1-2,7-8,12,14H,3-6H2,(H,15,16). The lowest BCUT2D eigenvalue weighted by atomic mass is 10.1. The van der Waals surface area contributed by atoms with Crippen molar-refractivity contribution in [1.29, 1.82) is 0 Å². The van der Waals surface area contributed by atoms with E-state index in [1.54, 1.807) is 12.3 Å². The summed E-state index contributed by atoms with van der Waals surface area (Å²) in [6, 6.07) is 3.74. The number of anilines is 1. The van der Waals surface area contributed by atoms with Gasteiger partial charge in [-0.25, -0.2) is 9.78 Å². The van der Waals surface area contributed by atoms with E-state index in [1.165, 1.54) is 6.07 Å². The minimum Gasteiger partial charge on any atom is -0.477 e. The Balaban J connectivity index is 1.96. The Morgan fingerprint density at radius 1 is 1.44 bits per heavy atom. The largest absolute Gasteiger partial charge is 0.477 e. The van der Waals surface area contributed by atoms with Crippen LogP contribution in [0.1, 0.15) is 23.3 Å². The summed E-state index contributed by atoms with van der Waals surface area (Å²) >= 11 is 0. The van der Waals surface area contributed by atoms with E-state index in [1.807, 2.05) is 0 Å². The molecule has 86 valence electrons. The van der Waals surface area contributed by atoms with E-state index in [9.17, 15) is 4.79 Å². The highest BCUT2D eigenvalue weighted by molar-refractivity contribution is 5.85. The van der Waals surface area contributed by atoms with Crippen molar-refractivity contribution >= 4 is 11.7 Å². The molecule has 0 saturated carbocycles. The number of carboxylic acid groups (broad SMARTS) is 1. The maximum atomic E-state index is 10.6. The Bertz CT molecular complexity index is 358. The van der Waals surface area contributed by atoms with E-state index in [-0.39, 0.29) is 5.69 Å². The van der Waals surface area contributed by atoms with Gasteiger partial charge in [0.1, 0.15) is 5.69 Å². The van der Waals surface area contributed by atoms with E-state index in [4.69, 9.17) is 5.11 Å². The Labute approximate surface area is 93.9 Å². The average molecular weight is 221 g/mol. The summed E-state index contributed by atoms with van der Waals surface area (Å²) in [5.41, 5.74) is 0.966. The highest BCUT2D eigenvalue weighted by Crippen LogP contribution is 2.12. The molecule has 1 saturated heterocycles. The number of rotatable bonds is 3. The molecule has 1 aromatic rings. The fourth-order valence-electron chi connectivity index (χ4n) is 1.81. The number of carboxylic acids is 1. The molecule has 2 heterocycles. The maximum Gasteiger partial charge on any atom is 0.354 e. The molecule has 0 radical (unpaired) electrons. The van der Waals surface area contributed by atoms with Crippen LogP contribution < -0.4 is 10.6 Å². The smallest absolute Gasteiger partial charge is 0.354 e. The van der Waals surface area contributed by atoms with Gasteiger partial charge in [-0.3, -0.25) is 0 Å². The second kappa shape index (κ2) is 4.94. The van der Waals surface area contributed by atoms with Crippen LogP contribution in [0.4, 0.5) is 5.69 Å². The normalized spacial score (nSPS) is 17.0. The third kappa shape index (κ3) is 2.70. The van der Waals surface area contributed by atoms with Crippen molar-refractivity contribution in [2.45, 2.75) is 18.9 Å². The van der Waals surface area contributed by atoms with Crippen LogP contribution in [0, 0.1) is 0 Å². The summed E-state index contributed by atoms with van der Waals surface area (Å²) in [7, 11) is 0. The van der Waals surface area contributed by atoms with Gasteiger partial charge in [-0.2, -0.15) is 0 Å². The molecular weight excluding hydrogens is 206 g/mol. The van der Waals surface area contributed by atoms with Gasteiger partial charge in [0, 0.05) is 6.04 Å². The predicted octanol–water partition coefficient (Wildman–Crippen LogP) is 0.944. The minimum atomic E-state index is -0.992. The van der Waals surface area contributed by atoms with Crippen LogP contribution in [-0.4, -0.2) is 35.2 Å². The number of hydrogen-bond donors (Lipinski definition) is 3. The second-order valence-electron chi connectivity index (χ2n) is 3.91. The lowest BCUT2D eigenvalue weighted by Crippen LogP contribution is -2.35. The molecule has 0 bridgehead atoms. The van der Waals surface area contributed by atoms with Gasteiger partial charge in [-0.05, 0) is 38.1 Å². The second-order valence-corrected chi connectivity index (χ2v) is 3.91. The average Bonchev–Trinajstić information content (AvgIpc) is 2.31. The number of nitrogens with zero attached hydrogens (tertiary/aromatic N) is 1. The van der Waals surface area contributed by atoms with Crippen LogP contribution in [0.5, 0.6) is 0 Å². The van der Waals surface area contributed by atoms with Crippen molar-refractivity contribution in [3.8, 4) is 0 Å². The van der Waals surface area contributed by atoms with Gasteiger partial charge in [0.2, 0.25) is 0 Å². The number of aromatic carboxylic acids is 1. The molecule has 1 aromatic heterocycles. The topological polar surface area (TPSA) is 74.2 Å². The molecule has 0 unspecified atom stereocenters. The van der Waals surface area contributed by atoms with Crippen molar-refractivity contribution in [2.24, 2.45) is 0 Å². The predicted molar refractivity (Wildman–Crippen MR) is 60.7 cm³/mol. The van der Waals surface area contributed by atoms with Gasteiger partial charge in [0.05, 0.1) is 11.9 Å². The highest BCUT2D eigenvalue weighted by Gasteiger charge is 2.12. The number of aromatic nitrogens is 1. The lowest BCUT2D eigenvalue weighted by Gasteiger charge is -2.24. The van der Waals surface area contributed by atoms with Crippen molar-refractivity contribution < 1.29 is 9.90 Å². The van der Waals surface area contributed by atoms with Gasteiger partial charge in [0.25, 0.3) is 0 Å². The summed E-state index contributed by atoms with van der Waals surface area (Å²) in [5.74, 6) is -0.992. The van der Waals surface area contributed by atoms with Crippen LogP contribution in [0.2, 0.25) is 0 Å². The third-order valence-electron chi connectivity index (χ3n) is 2.69. The highest BCUT2D eigenvalue weighted by atomic mass is 16.4. The van der Waals surface area contributed by atoms with Crippen molar-refractivity contribution in [1.82, 2.24) is 10.3 Å². The third-order valence-corrected chi connectivity index (χ3v) is 2.69. The molecule has 3 N–H and O–H groups in total. The molecule has 16 heavy (non-hydrogen) atoms. The van der Waals surface area contributed by atoms with Crippen LogP contribution in [0.25, 0.3) is 0 Å². The molecule has 0 atom stereocenters. The zero-order valence-electron chi connectivity index (χ0n) is 8.94. The minimum absolute atomic E-state index is 0.0795. The molecule has 1 aliphatic rings. The first-order valence-corrected chi connectivity index (χ1v) is 5.42. The van der Waals surface area contributed by atoms with Crippen molar-refractivity contribution in [3.63, 3.8) is 0 Å². The number of carbonyl (C=O) groups is 1. The molecule has 0 aliphatic carbocycles. The Hall–Kier alpha value is -1.62. The molecule has 0 spiro atoms. The van der Waals surface area contributed by atoms with E-state index in [0.29, 0.717) is 6.04 Å². The van der Waals surface area contributed by atoms with E-state index >= 15 is 0 Å². The molecule has 0 aromatic carbocycles. The quantitative estimate of drug-likeness (QED) is 0.708. The zero-order valence-corrected chi connectivity index (χ0v) is 8.94. The fraction of sp³-hybridized carbons (Fsp3) is 0.455. The lowest BCUT2D eigenvalue weighted by molar-refractivity contribution is 0.0690. The fourth-order valence-corrected chi connectivity index (χ4v) is 1.81. The molecule has 0 amide bonds. The van der Waals surface area contributed by atoms with Crippen LogP contribution in [-0.2, 0) is 0 Å². The van der Waals surface area contributed by atoms with E-state index < -0.39 is 5.97 Å². The maximum absolute atomic E-state index is 10.6. The van der Waals surface area contributed by atoms with Gasteiger partial charge >= 0.3 is 5.97 Å². The van der Waals surface area contributed by atoms with Gasteiger partial charge in [-0.1, -0.05) is 0 Å². The van der Waals surface area contributed by atoms with Gasteiger partial charge in [0.15, 0.2) is 0 Å². The van der Waals surface area contributed by atoms with Gasteiger partial charge < -0.3 is 15.7 Å². The Kier molecular flexibility index (Phi) is 3.36. The van der Waals surface area contributed by atoms with Crippen LogP contribution in [0.15, 0.2) is 18.3 Å². The summed E-state index contributed by atoms with van der Waals surface area (Å²) in [4.78, 5) is 14.5. The molecule has 1 aliphatic heterocycles. The van der Waals surface area contributed by atoms with Crippen LogP contribution >= 0.6 is 0 Å². The summed E-state index contributed by atoms with van der Waals surface area (Å²) in [6.45, 7) is 2.05. The van der Waals surface area contributed by atoms with Crippen LogP contribution in [0.3, 0.4) is 0 Å². The molecule has 5 nitrogen and oxygen atoms in total. The van der Waals surface area contributed by atoms with Gasteiger partial charge in [-0.15, -0.1) is 0 Å². The molecular formula is C11H15N3O2. The Morgan fingerprint density at radius 3 is 2.75 bits per heavy atom. The first-order chi connectivity index (χ1) is 7.75. The molecule has 5 heteroatoms. The summed E-state index contributed by atoms with van der Waals surface area (Å²) in [6.07, 6.45) is 3.74. The Morgan fingerprint density at radius 2 is 2.19 bits per heavy atom. The first-order valence-electron chi connectivity index (χ1n) is 5.42. The summed E-state index contributed by atoms with van der Waals surface area (Å²) < 4.78 is 0. The number of hydrogen-bond acceptors (Lipinski definition) is 4. The zero-order chi connectivity index (χ0) is 11.4. The number of nitrogens with one attached hydrogen (secondary N) is 2. The van der Waals surface area contributed by atoms with Crippen molar-refractivity contribution in [3.05, 3.63) is 24.0 Å². The number of pyridine rings is 1. The van der Waals surface area contributed by atoms with E-state index in [2.05, 4.69) is 15.6 Å². The van der Waals surface area contributed by atoms with Crippen molar-refractivity contribution in [2.75, 3.05) is 18.4 Å². The molecule has 2 rings (SSSR count). The molecule has 1 fully saturated rings.